The Morgan fingerprint density at radius 2 is 1.77 bits per heavy atom. The first-order chi connectivity index (χ1) is 14.8. The van der Waals surface area contributed by atoms with E-state index in [1.54, 1.807) is 0 Å². The van der Waals surface area contributed by atoms with Crippen LogP contribution in [0.15, 0.2) is 78.0 Å². The van der Waals surface area contributed by atoms with Crippen molar-refractivity contribution >= 4 is 5.96 Å². The van der Waals surface area contributed by atoms with E-state index in [0.717, 1.165) is 50.7 Å². The molecule has 1 N–H and O–H groups in total. The summed E-state index contributed by atoms with van der Waals surface area (Å²) in [5.74, 6) is 1.90. The molecule has 156 valence electrons. The summed E-state index contributed by atoms with van der Waals surface area (Å²) in [6.45, 7) is 3.38. The quantitative estimate of drug-likeness (QED) is 0.505. The summed E-state index contributed by atoms with van der Waals surface area (Å²) in [4.78, 5) is 6.83. The van der Waals surface area contributed by atoms with Gasteiger partial charge in [0.1, 0.15) is 11.9 Å². The van der Waals surface area contributed by atoms with Gasteiger partial charge in [0.15, 0.2) is 5.96 Å². The molecule has 1 fully saturated rings. The maximum absolute atomic E-state index is 6.12. The minimum Gasteiger partial charge on any atom is -0.490 e. The van der Waals surface area contributed by atoms with Gasteiger partial charge in [0.05, 0.1) is 6.54 Å². The average Bonchev–Trinajstić information content (AvgIpc) is 3.30. The van der Waals surface area contributed by atoms with E-state index in [0.29, 0.717) is 0 Å². The molecule has 0 saturated carbocycles. The van der Waals surface area contributed by atoms with Gasteiger partial charge >= 0.3 is 0 Å². The standard InChI is InChI=1S/C24H29N5O/c1-25-24(28-16-12-23(13-17-28)30-22-10-3-2-4-11-22)26-18-20-8-5-6-9-21(20)19-29-15-7-14-27-29/h2-11,14-15,23H,12-13,16-19H2,1H3,(H,25,26). The molecule has 6 heteroatoms. The number of para-hydroxylation sites is 1. The van der Waals surface area contributed by atoms with Gasteiger partial charge in [-0.15, -0.1) is 0 Å². The highest BCUT2D eigenvalue weighted by Gasteiger charge is 2.22. The average molecular weight is 404 g/mol. The van der Waals surface area contributed by atoms with E-state index < -0.39 is 0 Å². The molecule has 0 spiro atoms. The van der Waals surface area contributed by atoms with E-state index in [4.69, 9.17) is 4.74 Å². The van der Waals surface area contributed by atoms with Crippen LogP contribution >= 0.6 is 0 Å². The number of aromatic nitrogens is 2. The summed E-state index contributed by atoms with van der Waals surface area (Å²) in [5.41, 5.74) is 2.52. The highest BCUT2D eigenvalue weighted by molar-refractivity contribution is 5.80. The Balaban J connectivity index is 1.31. The maximum Gasteiger partial charge on any atom is 0.193 e. The highest BCUT2D eigenvalue weighted by Crippen LogP contribution is 2.19. The van der Waals surface area contributed by atoms with Crippen molar-refractivity contribution in [1.29, 1.82) is 0 Å². The number of aliphatic imine (C=N–C) groups is 1. The second kappa shape index (κ2) is 9.96. The van der Waals surface area contributed by atoms with Gasteiger partial charge in [0, 0.05) is 51.9 Å². The zero-order valence-electron chi connectivity index (χ0n) is 17.4. The number of likely N-dealkylation sites (tertiary alicyclic amines) is 1. The molecule has 1 saturated heterocycles. The smallest absolute Gasteiger partial charge is 0.193 e. The van der Waals surface area contributed by atoms with Crippen molar-refractivity contribution < 1.29 is 4.74 Å². The van der Waals surface area contributed by atoms with Crippen LogP contribution in [-0.4, -0.2) is 46.9 Å². The number of hydrogen-bond donors (Lipinski definition) is 1. The van der Waals surface area contributed by atoms with E-state index in [-0.39, 0.29) is 6.10 Å². The number of nitrogens with zero attached hydrogens (tertiary/aromatic N) is 4. The second-order valence-electron chi connectivity index (χ2n) is 7.49. The Bertz CT molecular complexity index is 931. The molecule has 1 aromatic heterocycles. The van der Waals surface area contributed by atoms with Crippen LogP contribution in [0.1, 0.15) is 24.0 Å². The first-order valence-corrected chi connectivity index (χ1v) is 10.5. The van der Waals surface area contributed by atoms with E-state index in [2.05, 4.69) is 44.6 Å². The molecule has 1 aliphatic rings. The van der Waals surface area contributed by atoms with Crippen molar-refractivity contribution in [2.75, 3.05) is 20.1 Å². The van der Waals surface area contributed by atoms with Crippen LogP contribution in [0.2, 0.25) is 0 Å². The number of nitrogens with one attached hydrogen (secondary N) is 1. The van der Waals surface area contributed by atoms with Crippen molar-refractivity contribution in [3.63, 3.8) is 0 Å². The fraction of sp³-hybridized carbons (Fsp3) is 0.333. The van der Waals surface area contributed by atoms with Gasteiger partial charge in [-0.3, -0.25) is 9.67 Å². The summed E-state index contributed by atoms with van der Waals surface area (Å²) in [6.07, 6.45) is 6.05. The molecule has 0 aliphatic carbocycles. The molecule has 0 atom stereocenters. The molecule has 4 rings (SSSR count). The molecule has 0 radical (unpaired) electrons. The Morgan fingerprint density at radius 3 is 2.47 bits per heavy atom. The van der Waals surface area contributed by atoms with Crippen LogP contribution in [0.5, 0.6) is 5.75 Å². The third kappa shape index (κ3) is 5.20. The Hall–Kier alpha value is -3.28. The Labute approximate surface area is 178 Å². The van der Waals surface area contributed by atoms with Crippen molar-refractivity contribution in [3.05, 3.63) is 84.2 Å². The molecular formula is C24H29N5O. The summed E-state index contributed by atoms with van der Waals surface area (Å²) in [7, 11) is 1.85. The SMILES string of the molecule is CN=C(NCc1ccccc1Cn1cccn1)N1CCC(Oc2ccccc2)CC1. The monoisotopic (exact) mass is 403 g/mol. The number of hydrogen-bond acceptors (Lipinski definition) is 3. The molecule has 3 aromatic rings. The summed E-state index contributed by atoms with van der Waals surface area (Å²) >= 11 is 0. The molecule has 0 bridgehead atoms. The number of guanidine groups is 1. The third-order valence-electron chi connectivity index (χ3n) is 5.45. The van der Waals surface area contributed by atoms with E-state index >= 15 is 0 Å². The van der Waals surface area contributed by atoms with Gasteiger partial charge in [-0.1, -0.05) is 42.5 Å². The highest BCUT2D eigenvalue weighted by atomic mass is 16.5. The molecular weight excluding hydrogens is 374 g/mol. The van der Waals surface area contributed by atoms with Crippen LogP contribution < -0.4 is 10.1 Å². The van der Waals surface area contributed by atoms with E-state index in [9.17, 15) is 0 Å². The maximum atomic E-state index is 6.12. The lowest BCUT2D eigenvalue weighted by atomic mass is 10.1. The molecule has 0 amide bonds. The molecule has 0 unspecified atom stereocenters. The molecule has 6 nitrogen and oxygen atoms in total. The van der Waals surface area contributed by atoms with Gasteiger partial charge in [0.25, 0.3) is 0 Å². The first kappa shape index (κ1) is 20.0. The van der Waals surface area contributed by atoms with Gasteiger partial charge < -0.3 is 15.0 Å². The molecule has 30 heavy (non-hydrogen) atoms. The minimum atomic E-state index is 0.261. The van der Waals surface area contributed by atoms with Gasteiger partial charge in [-0.05, 0) is 29.3 Å². The van der Waals surface area contributed by atoms with Crippen LogP contribution in [0, 0.1) is 0 Å². The lowest BCUT2D eigenvalue weighted by Crippen LogP contribution is -2.47. The van der Waals surface area contributed by atoms with Crippen LogP contribution in [0.4, 0.5) is 0 Å². The number of rotatable bonds is 6. The first-order valence-electron chi connectivity index (χ1n) is 10.5. The minimum absolute atomic E-state index is 0.261. The van der Waals surface area contributed by atoms with Crippen molar-refractivity contribution in [2.24, 2.45) is 4.99 Å². The fourth-order valence-electron chi connectivity index (χ4n) is 3.84. The predicted molar refractivity (Wildman–Crippen MR) is 120 cm³/mol. The molecule has 2 aromatic carbocycles. The normalized spacial score (nSPS) is 15.2. The summed E-state index contributed by atoms with van der Waals surface area (Å²) < 4.78 is 8.07. The van der Waals surface area contributed by atoms with E-state index in [1.807, 2.05) is 60.5 Å². The second-order valence-corrected chi connectivity index (χ2v) is 7.49. The predicted octanol–water partition coefficient (Wildman–Crippen LogP) is 3.55. The third-order valence-corrected chi connectivity index (χ3v) is 5.45. The van der Waals surface area contributed by atoms with Gasteiger partial charge in [0.2, 0.25) is 0 Å². The summed E-state index contributed by atoms with van der Waals surface area (Å²) in [5, 5.41) is 7.87. The fourth-order valence-corrected chi connectivity index (χ4v) is 3.84. The lowest BCUT2D eigenvalue weighted by molar-refractivity contribution is 0.129. The largest absolute Gasteiger partial charge is 0.490 e. The number of benzene rings is 2. The van der Waals surface area contributed by atoms with Crippen molar-refractivity contribution in [2.45, 2.75) is 32.0 Å². The Morgan fingerprint density at radius 1 is 1.03 bits per heavy atom. The van der Waals surface area contributed by atoms with Crippen LogP contribution in [0.25, 0.3) is 0 Å². The Kier molecular flexibility index (Phi) is 6.65. The number of piperidine rings is 1. The van der Waals surface area contributed by atoms with Crippen molar-refractivity contribution in [1.82, 2.24) is 20.0 Å². The van der Waals surface area contributed by atoms with Crippen LogP contribution in [-0.2, 0) is 13.1 Å². The lowest BCUT2D eigenvalue weighted by Gasteiger charge is -2.34. The van der Waals surface area contributed by atoms with Gasteiger partial charge in [-0.25, -0.2) is 0 Å². The molecule has 2 heterocycles. The zero-order chi connectivity index (χ0) is 20.6. The van der Waals surface area contributed by atoms with E-state index in [1.165, 1.54) is 11.1 Å². The molecule has 1 aliphatic heterocycles. The zero-order valence-corrected chi connectivity index (χ0v) is 17.4. The van der Waals surface area contributed by atoms with Gasteiger partial charge in [-0.2, -0.15) is 5.10 Å². The number of ether oxygens (including phenoxy) is 1. The topological polar surface area (TPSA) is 54.7 Å². The van der Waals surface area contributed by atoms with Crippen LogP contribution in [0.3, 0.4) is 0 Å². The van der Waals surface area contributed by atoms with Crippen molar-refractivity contribution in [3.8, 4) is 5.75 Å². The summed E-state index contributed by atoms with van der Waals surface area (Å²) in [6, 6.07) is 20.5.